The van der Waals surface area contributed by atoms with E-state index in [0.717, 1.165) is 15.6 Å². The zero-order chi connectivity index (χ0) is 15.5. The molecule has 0 heterocycles. The Bertz CT molecular complexity index is 715. The van der Waals surface area contributed by atoms with Crippen LogP contribution in [-0.4, -0.2) is 14.7 Å². The molecule has 4 nitrogen and oxygen atoms in total. The van der Waals surface area contributed by atoms with Gasteiger partial charge < -0.3 is 0 Å². The minimum Gasteiger partial charge on any atom is -0.271 e. The molecular formula is C15H17BrN2O2S. The topological polar surface area (TPSA) is 72.2 Å². The molecule has 0 aliphatic rings. The average Bonchev–Trinajstić information content (AvgIpc) is 2.44. The minimum absolute atomic E-state index is 0.0760. The lowest BCUT2D eigenvalue weighted by Gasteiger charge is -2.17. The molecule has 2 aromatic rings. The fraction of sp³-hybridized carbons (Fsp3) is 0.200. The van der Waals surface area contributed by atoms with Gasteiger partial charge in [0.2, 0.25) is 0 Å². The Hall–Kier alpha value is -1.21. The molecule has 6 heteroatoms. The van der Waals surface area contributed by atoms with Gasteiger partial charge in [0.25, 0.3) is 0 Å². The van der Waals surface area contributed by atoms with Crippen molar-refractivity contribution in [2.45, 2.75) is 17.4 Å². The van der Waals surface area contributed by atoms with Crippen molar-refractivity contribution in [1.29, 1.82) is 0 Å². The third-order valence-corrected chi connectivity index (χ3v) is 4.86. The van der Waals surface area contributed by atoms with Crippen LogP contribution in [0.3, 0.4) is 0 Å². The van der Waals surface area contributed by atoms with Crippen LogP contribution >= 0.6 is 15.9 Å². The summed E-state index contributed by atoms with van der Waals surface area (Å²) in [5, 5.41) is 0. The van der Waals surface area contributed by atoms with E-state index in [1.807, 2.05) is 24.3 Å². The molecule has 112 valence electrons. The van der Waals surface area contributed by atoms with Crippen molar-refractivity contribution in [1.82, 2.24) is 5.43 Å². The summed E-state index contributed by atoms with van der Waals surface area (Å²) in [4.78, 5) is 0.310. The van der Waals surface area contributed by atoms with E-state index < -0.39 is 9.84 Å². The zero-order valence-electron chi connectivity index (χ0n) is 11.6. The Morgan fingerprint density at radius 2 is 1.86 bits per heavy atom. The summed E-state index contributed by atoms with van der Waals surface area (Å²) in [6.45, 7) is 0. The van der Waals surface area contributed by atoms with E-state index in [0.29, 0.717) is 11.3 Å². The largest absolute Gasteiger partial charge is 0.271 e. The highest BCUT2D eigenvalue weighted by atomic mass is 79.9. The van der Waals surface area contributed by atoms with Crippen molar-refractivity contribution in [3.05, 3.63) is 64.1 Å². The van der Waals surface area contributed by atoms with E-state index >= 15 is 0 Å². The predicted molar refractivity (Wildman–Crippen MR) is 87.5 cm³/mol. The van der Waals surface area contributed by atoms with Crippen molar-refractivity contribution in [2.75, 3.05) is 6.26 Å². The van der Waals surface area contributed by atoms with E-state index in [2.05, 4.69) is 21.4 Å². The summed E-state index contributed by atoms with van der Waals surface area (Å²) in [7, 11) is -3.17. The van der Waals surface area contributed by atoms with Crippen LogP contribution in [0.15, 0.2) is 57.9 Å². The van der Waals surface area contributed by atoms with Crippen LogP contribution in [0.2, 0.25) is 0 Å². The summed E-state index contributed by atoms with van der Waals surface area (Å²) in [5.41, 5.74) is 4.87. The third-order valence-electron chi connectivity index (χ3n) is 3.24. The van der Waals surface area contributed by atoms with Gasteiger partial charge in [0.15, 0.2) is 9.84 Å². The first-order valence-corrected chi connectivity index (χ1v) is 9.09. The molecule has 0 aliphatic carbocycles. The Balaban J connectivity index is 2.21. The van der Waals surface area contributed by atoms with Crippen molar-refractivity contribution in [3.63, 3.8) is 0 Å². The number of sulfone groups is 1. The van der Waals surface area contributed by atoms with Gasteiger partial charge in [-0.3, -0.25) is 11.3 Å². The maximum Gasteiger partial charge on any atom is 0.175 e. The van der Waals surface area contributed by atoms with Crippen molar-refractivity contribution < 1.29 is 8.42 Å². The molecule has 0 fully saturated rings. The lowest BCUT2D eigenvalue weighted by Crippen LogP contribution is -2.29. The summed E-state index contributed by atoms with van der Waals surface area (Å²) in [5.74, 6) is 5.63. The van der Waals surface area contributed by atoms with E-state index in [9.17, 15) is 8.42 Å². The quantitative estimate of drug-likeness (QED) is 0.628. The van der Waals surface area contributed by atoms with Crippen molar-refractivity contribution >= 4 is 25.8 Å². The molecule has 0 radical (unpaired) electrons. The van der Waals surface area contributed by atoms with Gasteiger partial charge >= 0.3 is 0 Å². The van der Waals surface area contributed by atoms with Crippen LogP contribution in [0.4, 0.5) is 0 Å². The fourth-order valence-electron chi connectivity index (χ4n) is 2.12. The van der Waals surface area contributed by atoms with E-state index in [1.165, 1.54) is 6.26 Å². The number of hydrogen-bond acceptors (Lipinski definition) is 4. The molecule has 0 spiro atoms. The zero-order valence-corrected chi connectivity index (χ0v) is 14.0. The second-order valence-corrected chi connectivity index (χ2v) is 7.83. The number of hydrazine groups is 1. The smallest absolute Gasteiger partial charge is 0.175 e. The van der Waals surface area contributed by atoms with E-state index in [4.69, 9.17) is 5.84 Å². The van der Waals surface area contributed by atoms with Gasteiger partial charge in [-0.25, -0.2) is 8.42 Å². The maximum absolute atomic E-state index is 11.5. The van der Waals surface area contributed by atoms with Crippen molar-refractivity contribution in [3.8, 4) is 0 Å². The number of halogens is 1. The van der Waals surface area contributed by atoms with Gasteiger partial charge in [0, 0.05) is 16.8 Å². The number of benzene rings is 2. The Morgan fingerprint density at radius 3 is 2.38 bits per heavy atom. The van der Waals surface area contributed by atoms with Crippen LogP contribution in [0.5, 0.6) is 0 Å². The summed E-state index contributed by atoms with van der Waals surface area (Å²) in [6.07, 6.45) is 1.91. The van der Waals surface area contributed by atoms with Crippen LogP contribution in [0.25, 0.3) is 0 Å². The van der Waals surface area contributed by atoms with Crippen LogP contribution < -0.4 is 11.3 Å². The summed E-state index contributed by atoms with van der Waals surface area (Å²) in [6, 6.07) is 14.7. The highest BCUT2D eigenvalue weighted by molar-refractivity contribution is 9.10. The molecule has 1 unspecified atom stereocenters. The minimum atomic E-state index is -3.17. The fourth-order valence-corrected chi connectivity index (χ4v) is 3.20. The maximum atomic E-state index is 11.5. The van der Waals surface area contributed by atoms with Gasteiger partial charge in [0.1, 0.15) is 0 Å². The molecule has 1 atom stereocenters. The first-order chi connectivity index (χ1) is 9.90. The second kappa shape index (κ2) is 6.70. The van der Waals surface area contributed by atoms with E-state index in [1.54, 1.807) is 24.3 Å². The standard InChI is InChI=1S/C15H17BrN2O2S/c1-21(19,20)14-7-5-12(6-8-14)15(18-17)10-11-3-2-4-13(16)9-11/h2-9,15,18H,10,17H2,1H3. The molecule has 0 aliphatic heterocycles. The molecular weight excluding hydrogens is 352 g/mol. The average molecular weight is 369 g/mol. The number of hydrogen-bond donors (Lipinski definition) is 2. The first kappa shape index (κ1) is 16.2. The molecule has 0 saturated heterocycles. The SMILES string of the molecule is CS(=O)(=O)c1ccc(C(Cc2cccc(Br)c2)NN)cc1. The Kier molecular flexibility index (Phi) is 5.16. The van der Waals surface area contributed by atoms with Gasteiger partial charge in [0.05, 0.1) is 4.90 Å². The highest BCUT2D eigenvalue weighted by Gasteiger charge is 2.13. The molecule has 0 bridgehead atoms. The first-order valence-electron chi connectivity index (χ1n) is 6.41. The molecule has 0 amide bonds. The Labute approximate surface area is 133 Å². The molecule has 2 aromatic carbocycles. The second-order valence-electron chi connectivity index (χ2n) is 4.89. The van der Waals surface area contributed by atoms with Crippen molar-refractivity contribution in [2.24, 2.45) is 5.84 Å². The molecule has 2 rings (SSSR count). The monoisotopic (exact) mass is 368 g/mol. The lowest BCUT2D eigenvalue weighted by molar-refractivity contribution is 0.551. The van der Waals surface area contributed by atoms with Gasteiger partial charge in [-0.05, 0) is 41.8 Å². The normalized spacial score (nSPS) is 13.1. The van der Waals surface area contributed by atoms with E-state index in [-0.39, 0.29) is 6.04 Å². The molecule has 21 heavy (non-hydrogen) atoms. The molecule has 3 N–H and O–H groups in total. The lowest BCUT2D eigenvalue weighted by atomic mass is 9.99. The number of nitrogens with two attached hydrogens (primary N) is 1. The summed E-state index contributed by atoms with van der Waals surface area (Å²) >= 11 is 3.44. The summed E-state index contributed by atoms with van der Waals surface area (Å²) < 4.78 is 23.9. The highest BCUT2D eigenvalue weighted by Crippen LogP contribution is 2.21. The van der Waals surface area contributed by atoms with Crippen LogP contribution in [0.1, 0.15) is 17.2 Å². The predicted octanol–water partition coefficient (Wildman–Crippen LogP) is 2.60. The van der Waals surface area contributed by atoms with Gasteiger partial charge in [-0.2, -0.15) is 0 Å². The number of nitrogens with one attached hydrogen (secondary N) is 1. The van der Waals surface area contributed by atoms with Crippen LogP contribution in [0, 0.1) is 0 Å². The van der Waals surface area contributed by atoms with Crippen LogP contribution in [-0.2, 0) is 16.3 Å². The van der Waals surface area contributed by atoms with Gasteiger partial charge in [-0.1, -0.05) is 40.2 Å². The van der Waals surface area contributed by atoms with Gasteiger partial charge in [-0.15, -0.1) is 0 Å². The third kappa shape index (κ3) is 4.38. The molecule has 0 aromatic heterocycles. The molecule has 0 saturated carbocycles. The number of rotatable bonds is 5. The Morgan fingerprint density at radius 1 is 1.19 bits per heavy atom.